The molecule has 0 atom stereocenters. The van der Waals surface area contributed by atoms with E-state index in [4.69, 9.17) is 0 Å². The Balaban J connectivity index is 2.54. The molecule has 3 heteroatoms. The standard InChI is InChI=1S/C2H2F2I/c3-2(4)1-5/h1H2. The summed E-state index contributed by atoms with van der Waals surface area (Å²) in [7, 11) is 0. The molecule has 0 N–H and O–H groups in total. The minimum atomic E-state index is -1.51. The van der Waals surface area contributed by atoms with Gasteiger partial charge in [0.25, 0.3) is 0 Å². The molecule has 0 fully saturated rings. The fraction of sp³-hybridized carbons (Fsp3) is 0.500. The first kappa shape index (κ1) is 5.59. The molecule has 0 aliphatic carbocycles. The summed E-state index contributed by atoms with van der Waals surface area (Å²) in [5.41, 5.74) is 0. The van der Waals surface area contributed by atoms with Gasteiger partial charge in [0.1, 0.15) is 0 Å². The fourth-order valence-corrected chi connectivity index (χ4v) is 0. The zero-order valence-corrected chi connectivity index (χ0v) is 4.50. The third-order valence-corrected chi connectivity index (χ3v) is 0.678. The SMILES string of the molecule is F[C](F)CI. The first-order chi connectivity index (χ1) is 2.27. The zero-order valence-electron chi connectivity index (χ0n) is 2.34. The second kappa shape index (κ2) is 2.81. The van der Waals surface area contributed by atoms with Crippen molar-refractivity contribution in [3.05, 3.63) is 6.43 Å². The monoisotopic (exact) mass is 191 g/mol. The van der Waals surface area contributed by atoms with Crippen LogP contribution in [-0.4, -0.2) is 4.43 Å². The van der Waals surface area contributed by atoms with Crippen LogP contribution in [0.25, 0.3) is 0 Å². The summed E-state index contributed by atoms with van der Waals surface area (Å²) in [4.78, 5) is 0. The Bertz CT molecular complexity index is 21.6. The van der Waals surface area contributed by atoms with Gasteiger partial charge in [0.2, 0.25) is 0 Å². The van der Waals surface area contributed by atoms with Gasteiger partial charge < -0.3 is 0 Å². The van der Waals surface area contributed by atoms with E-state index in [0.717, 1.165) is 0 Å². The lowest BCUT2D eigenvalue weighted by Gasteiger charge is -1.76. The largest absolute Gasteiger partial charge is 0.319 e. The van der Waals surface area contributed by atoms with Crippen molar-refractivity contribution in [1.29, 1.82) is 0 Å². The first-order valence-corrected chi connectivity index (χ1v) is 2.52. The average molecular weight is 191 g/mol. The molecule has 0 unspecified atom stereocenters. The van der Waals surface area contributed by atoms with E-state index in [9.17, 15) is 8.78 Å². The fourth-order valence-electron chi connectivity index (χ4n) is 0. The molecule has 0 aromatic heterocycles. The summed E-state index contributed by atoms with van der Waals surface area (Å²) in [6, 6.07) is 0. The third-order valence-electron chi connectivity index (χ3n) is 0.101. The Morgan fingerprint density at radius 1 is 1.60 bits per heavy atom. The topological polar surface area (TPSA) is 0 Å². The Morgan fingerprint density at radius 3 is 1.80 bits per heavy atom. The Hall–Kier alpha value is 0.590. The number of hydrogen-bond acceptors (Lipinski definition) is 0. The van der Waals surface area contributed by atoms with Crippen LogP contribution < -0.4 is 0 Å². The summed E-state index contributed by atoms with van der Waals surface area (Å²) in [5.74, 6) is 0. The van der Waals surface area contributed by atoms with Crippen LogP contribution in [-0.2, 0) is 0 Å². The van der Waals surface area contributed by atoms with Crippen LogP contribution in [0.1, 0.15) is 0 Å². The summed E-state index contributed by atoms with van der Waals surface area (Å²) < 4.78 is 21.2. The minimum Gasteiger partial charge on any atom is -0.199 e. The highest BCUT2D eigenvalue weighted by molar-refractivity contribution is 14.1. The number of rotatable bonds is 1. The number of halogens is 3. The first-order valence-electron chi connectivity index (χ1n) is 0.999. The molecule has 0 amide bonds. The van der Waals surface area contributed by atoms with Gasteiger partial charge in [0, 0.05) is 0 Å². The lowest BCUT2D eigenvalue weighted by atomic mass is 10.9. The van der Waals surface area contributed by atoms with Crippen molar-refractivity contribution in [2.24, 2.45) is 0 Å². The average Bonchev–Trinajstić information content (AvgIpc) is 1.38. The summed E-state index contributed by atoms with van der Waals surface area (Å²) in [5, 5.41) is 0. The molecule has 0 heterocycles. The van der Waals surface area contributed by atoms with Crippen molar-refractivity contribution in [3.63, 3.8) is 0 Å². The van der Waals surface area contributed by atoms with Gasteiger partial charge >= 0.3 is 6.43 Å². The normalized spacial score (nSPS) is 9.60. The molecule has 0 bridgehead atoms. The third kappa shape index (κ3) is 4.59. The summed E-state index contributed by atoms with van der Waals surface area (Å²) in [6.45, 7) is 0. The van der Waals surface area contributed by atoms with Gasteiger partial charge in [-0.25, -0.2) is 0 Å². The highest BCUT2D eigenvalue weighted by atomic mass is 127. The predicted molar refractivity (Wildman–Crippen MR) is 24.3 cm³/mol. The van der Waals surface area contributed by atoms with E-state index in [-0.39, 0.29) is 4.43 Å². The van der Waals surface area contributed by atoms with E-state index in [1.807, 2.05) is 0 Å². The maximum atomic E-state index is 10.7. The van der Waals surface area contributed by atoms with Crippen LogP contribution in [0.2, 0.25) is 0 Å². The van der Waals surface area contributed by atoms with Crippen LogP contribution >= 0.6 is 22.6 Å². The van der Waals surface area contributed by atoms with Crippen LogP contribution in [0, 0.1) is 6.43 Å². The van der Waals surface area contributed by atoms with Crippen LogP contribution in [0.5, 0.6) is 0 Å². The smallest absolute Gasteiger partial charge is 0.199 e. The molecule has 5 heavy (non-hydrogen) atoms. The Labute approximate surface area is 42.7 Å². The van der Waals surface area contributed by atoms with Gasteiger partial charge in [-0.2, -0.15) is 8.78 Å². The van der Waals surface area contributed by atoms with Gasteiger partial charge in [0.05, 0.1) is 4.43 Å². The van der Waals surface area contributed by atoms with E-state index in [1.54, 1.807) is 22.6 Å². The molecule has 0 aliphatic rings. The zero-order chi connectivity index (χ0) is 4.28. The molecule has 0 saturated heterocycles. The Kier molecular flexibility index (Phi) is 3.14. The minimum absolute atomic E-state index is 0.141. The molecule has 0 rings (SSSR count). The molecular weight excluding hydrogens is 189 g/mol. The maximum absolute atomic E-state index is 10.7. The quantitative estimate of drug-likeness (QED) is 0.438. The molecule has 0 aromatic rings. The molecule has 0 spiro atoms. The van der Waals surface area contributed by atoms with Crippen LogP contribution in [0.4, 0.5) is 8.78 Å². The lowest BCUT2D eigenvalue weighted by Crippen LogP contribution is -1.73. The van der Waals surface area contributed by atoms with Gasteiger partial charge in [-0.3, -0.25) is 0 Å². The highest BCUT2D eigenvalue weighted by Crippen LogP contribution is 2.04. The maximum Gasteiger partial charge on any atom is 0.319 e. The molecule has 0 saturated carbocycles. The van der Waals surface area contributed by atoms with Gasteiger partial charge in [-0.05, 0) is 0 Å². The van der Waals surface area contributed by atoms with E-state index < -0.39 is 6.43 Å². The molecule has 0 nitrogen and oxygen atoms in total. The number of hydrogen-bond donors (Lipinski definition) is 0. The van der Waals surface area contributed by atoms with Crippen LogP contribution in [0.3, 0.4) is 0 Å². The molecule has 1 radical (unpaired) electrons. The summed E-state index contributed by atoms with van der Waals surface area (Å²) in [6.07, 6.45) is -1.51. The molecule has 31 valence electrons. The molecule has 0 aromatic carbocycles. The van der Waals surface area contributed by atoms with Crippen molar-refractivity contribution < 1.29 is 8.78 Å². The molecule has 0 aliphatic heterocycles. The summed E-state index contributed by atoms with van der Waals surface area (Å²) >= 11 is 1.59. The lowest BCUT2D eigenvalue weighted by molar-refractivity contribution is 0.312. The van der Waals surface area contributed by atoms with Gasteiger partial charge in [0.15, 0.2) is 0 Å². The predicted octanol–water partition coefficient (Wildman–Crippen LogP) is 1.85. The van der Waals surface area contributed by atoms with Crippen molar-refractivity contribution in [1.82, 2.24) is 0 Å². The van der Waals surface area contributed by atoms with Crippen molar-refractivity contribution in [3.8, 4) is 0 Å². The van der Waals surface area contributed by atoms with Crippen molar-refractivity contribution in [2.75, 3.05) is 4.43 Å². The highest BCUT2D eigenvalue weighted by Gasteiger charge is 1.96. The van der Waals surface area contributed by atoms with Crippen molar-refractivity contribution >= 4 is 22.6 Å². The van der Waals surface area contributed by atoms with E-state index in [0.29, 0.717) is 0 Å². The second-order valence-electron chi connectivity index (χ2n) is 0.472. The number of alkyl halides is 1. The Morgan fingerprint density at radius 2 is 1.80 bits per heavy atom. The van der Waals surface area contributed by atoms with E-state index in [2.05, 4.69) is 0 Å². The second-order valence-corrected chi connectivity index (χ2v) is 1.24. The van der Waals surface area contributed by atoms with Gasteiger partial charge in [-0.15, -0.1) is 0 Å². The van der Waals surface area contributed by atoms with Crippen molar-refractivity contribution in [2.45, 2.75) is 0 Å². The van der Waals surface area contributed by atoms with E-state index >= 15 is 0 Å². The molecular formula is C2H2F2I. The van der Waals surface area contributed by atoms with Crippen LogP contribution in [0.15, 0.2) is 0 Å². The van der Waals surface area contributed by atoms with Gasteiger partial charge in [-0.1, -0.05) is 22.6 Å². The van der Waals surface area contributed by atoms with E-state index in [1.165, 1.54) is 0 Å².